The van der Waals surface area contributed by atoms with E-state index in [2.05, 4.69) is 38.2 Å². The maximum atomic E-state index is 5.64. The molecule has 0 unspecified atom stereocenters. The van der Waals surface area contributed by atoms with Gasteiger partial charge in [-0.25, -0.2) is 9.50 Å². The third-order valence-corrected chi connectivity index (χ3v) is 6.42. The largest absolute Gasteiger partial charge is 0.497 e. The van der Waals surface area contributed by atoms with E-state index in [1.807, 2.05) is 22.8 Å². The van der Waals surface area contributed by atoms with Crippen LogP contribution in [0, 0.1) is 0 Å². The standard InChI is InChI=1S/C21H28N4O2S/c1-20(2,3)17-13-25-19(23-17)28-18(24-25)22-14-21(9-11-27-12-10-21)15-5-7-16(26-4)8-6-15/h5-8,13H,9-12,14H2,1-4H3,(H,22,24). The Balaban J connectivity index is 1.54. The van der Waals surface area contributed by atoms with Crippen molar-refractivity contribution in [3.8, 4) is 5.75 Å². The van der Waals surface area contributed by atoms with Gasteiger partial charge in [0.05, 0.1) is 19.0 Å². The van der Waals surface area contributed by atoms with Crippen molar-refractivity contribution < 1.29 is 9.47 Å². The molecule has 6 nitrogen and oxygen atoms in total. The zero-order valence-electron chi connectivity index (χ0n) is 17.0. The minimum Gasteiger partial charge on any atom is -0.497 e. The van der Waals surface area contributed by atoms with E-state index >= 15 is 0 Å². The average Bonchev–Trinajstić information content (AvgIpc) is 3.26. The molecular weight excluding hydrogens is 372 g/mol. The van der Waals surface area contributed by atoms with Crippen LogP contribution in [0.1, 0.15) is 44.9 Å². The highest BCUT2D eigenvalue weighted by Crippen LogP contribution is 2.36. The smallest absolute Gasteiger partial charge is 0.214 e. The van der Waals surface area contributed by atoms with Gasteiger partial charge in [-0.3, -0.25) is 0 Å². The number of nitrogens with zero attached hydrogens (tertiary/aromatic N) is 3. The second-order valence-corrected chi connectivity index (χ2v) is 9.44. The Morgan fingerprint density at radius 3 is 2.54 bits per heavy atom. The van der Waals surface area contributed by atoms with Crippen molar-refractivity contribution in [3.05, 3.63) is 41.7 Å². The van der Waals surface area contributed by atoms with Crippen LogP contribution in [-0.2, 0) is 15.6 Å². The highest BCUT2D eigenvalue weighted by atomic mass is 32.1. The summed E-state index contributed by atoms with van der Waals surface area (Å²) in [5.41, 5.74) is 2.45. The van der Waals surface area contributed by atoms with Crippen molar-refractivity contribution in [1.29, 1.82) is 0 Å². The van der Waals surface area contributed by atoms with Gasteiger partial charge in [0.1, 0.15) is 5.75 Å². The number of nitrogens with one attached hydrogen (secondary N) is 1. The summed E-state index contributed by atoms with van der Waals surface area (Å²) in [6, 6.07) is 8.43. The van der Waals surface area contributed by atoms with Crippen LogP contribution in [0.5, 0.6) is 5.75 Å². The van der Waals surface area contributed by atoms with Crippen LogP contribution in [-0.4, -0.2) is 41.5 Å². The number of anilines is 1. The third-order valence-electron chi connectivity index (χ3n) is 5.54. The van der Waals surface area contributed by atoms with Gasteiger partial charge in [0, 0.05) is 30.6 Å². The Morgan fingerprint density at radius 1 is 1.21 bits per heavy atom. The highest BCUT2D eigenvalue weighted by Gasteiger charge is 2.34. The van der Waals surface area contributed by atoms with Gasteiger partial charge in [-0.2, -0.15) is 0 Å². The molecule has 4 rings (SSSR count). The number of rotatable bonds is 5. The topological polar surface area (TPSA) is 60.7 Å². The molecule has 3 aromatic rings. The summed E-state index contributed by atoms with van der Waals surface area (Å²) >= 11 is 1.60. The van der Waals surface area contributed by atoms with Gasteiger partial charge in [-0.15, -0.1) is 5.10 Å². The third kappa shape index (κ3) is 3.73. The quantitative estimate of drug-likeness (QED) is 0.693. The van der Waals surface area contributed by atoms with Crippen LogP contribution in [0.2, 0.25) is 0 Å². The van der Waals surface area contributed by atoms with Crippen LogP contribution in [0.3, 0.4) is 0 Å². The molecule has 0 bridgehead atoms. The number of hydrogen-bond donors (Lipinski definition) is 1. The Labute approximate surface area is 169 Å². The second-order valence-electron chi connectivity index (χ2n) is 8.49. The van der Waals surface area contributed by atoms with E-state index in [9.17, 15) is 0 Å². The number of methoxy groups -OCH3 is 1. The number of hydrogen-bond acceptors (Lipinski definition) is 6. The zero-order chi connectivity index (χ0) is 19.8. The maximum Gasteiger partial charge on any atom is 0.214 e. The summed E-state index contributed by atoms with van der Waals surface area (Å²) in [5, 5.41) is 9.17. The molecule has 7 heteroatoms. The van der Waals surface area contributed by atoms with Crippen LogP contribution in [0.15, 0.2) is 30.5 Å². The first-order valence-electron chi connectivity index (χ1n) is 9.72. The summed E-state index contributed by atoms with van der Waals surface area (Å²) in [7, 11) is 1.70. The fourth-order valence-corrected chi connectivity index (χ4v) is 4.43. The van der Waals surface area contributed by atoms with Gasteiger partial charge in [-0.05, 0) is 30.5 Å². The van der Waals surface area contributed by atoms with Crippen LogP contribution >= 0.6 is 11.3 Å². The molecule has 1 saturated heterocycles. The van der Waals surface area contributed by atoms with Crippen molar-refractivity contribution in [2.24, 2.45) is 0 Å². The van der Waals surface area contributed by atoms with Crippen LogP contribution in [0.4, 0.5) is 5.13 Å². The summed E-state index contributed by atoms with van der Waals surface area (Å²) in [5.74, 6) is 0.884. The number of aromatic nitrogens is 3. The van der Waals surface area contributed by atoms with Gasteiger partial charge in [0.2, 0.25) is 10.1 Å². The predicted molar refractivity (Wildman–Crippen MR) is 113 cm³/mol. The van der Waals surface area contributed by atoms with Gasteiger partial charge in [0.25, 0.3) is 0 Å². The Hall–Kier alpha value is -2.12. The molecule has 0 spiro atoms. The summed E-state index contributed by atoms with van der Waals surface area (Å²) in [6.07, 6.45) is 4.01. The van der Waals surface area contributed by atoms with Gasteiger partial charge >= 0.3 is 0 Å². The van der Waals surface area contributed by atoms with E-state index in [-0.39, 0.29) is 10.8 Å². The van der Waals surface area contributed by atoms with Crippen molar-refractivity contribution >= 4 is 21.4 Å². The predicted octanol–water partition coefficient (Wildman–Crippen LogP) is 4.26. The molecule has 0 saturated carbocycles. The van der Waals surface area contributed by atoms with Crippen molar-refractivity contribution in [2.75, 3.05) is 32.2 Å². The minimum absolute atomic E-state index is 0.0293. The lowest BCUT2D eigenvalue weighted by molar-refractivity contribution is 0.0544. The van der Waals surface area contributed by atoms with E-state index in [1.165, 1.54) is 5.56 Å². The SMILES string of the molecule is COc1ccc(C2(CNc3nn4cc(C(C)(C)C)nc4s3)CCOCC2)cc1. The lowest BCUT2D eigenvalue weighted by Gasteiger charge is -2.38. The number of ether oxygens (including phenoxy) is 2. The normalized spacial score (nSPS) is 17.0. The van der Waals surface area contributed by atoms with Crippen molar-refractivity contribution in [3.63, 3.8) is 0 Å². The Kier molecular flexibility index (Phi) is 5.05. The molecule has 0 aliphatic carbocycles. The molecule has 1 aromatic carbocycles. The number of fused-ring (bicyclic) bond motifs is 1. The van der Waals surface area contributed by atoms with Crippen LogP contribution in [0.25, 0.3) is 4.96 Å². The molecule has 28 heavy (non-hydrogen) atoms. The van der Waals surface area contributed by atoms with Gasteiger partial charge in [0.15, 0.2) is 0 Å². The first-order chi connectivity index (χ1) is 13.4. The minimum atomic E-state index is 0.0293. The fourth-order valence-electron chi connectivity index (χ4n) is 3.65. The molecule has 1 N–H and O–H groups in total. The number of imidazole rings is 1. The molecule has 0 atom stereocenters. The highest BCUT2D eigenvalue weighted by molar-refractivity contribution is 7.20. The van der Waals surface area contributed by atoms with Gasteiger partial charge < -0.3 is 14.8 Å². The van der Waals surface area contributed by atoms with Crippen molar-refractivity contribution in [1.82, 2.24) is 14.6 Å². The molecule has 3 heterocycles. The molecule has 1 fully saturated rings. The Bertz CT molecular complexity index is 902. The fraction of sp³-hybridized carbons (Fsp3) is 0.524. The maximum absolute atomic E-state index is 5.64. The van der Waals surface area contributed by atoms with E-state index in [4.69, 9.17) is 19.6 Å². The molecule has 0 amide bonds. The number of benzene rings is 1. The lowest BCUT2D eigenvalue weighted by atomic mass is 9.74. The molecule has 150 valence electrons. The van der Waals surface area contributed by atoms with Gasteiger partial charge in [-0.1, -0.05) is 44.2 Å². The van der Waals surface area contributed by atoms with Crippen molar-refractivity contribution in [2.45, 2.75) is 44.4 Å². The van der Waals surface area contributed by atoms with E-state index in [0.29, 0.717) is 0 Å². The molecule has 2 aromatic heterocycles. The van der Waals surface area contributed by atoms with Crippen LogP contribution < -0.4 is 10.1 Å². The summed E-state index contributed by atoms with van der Waals surface area (Å²) in [6.45, 7) is 8.90. The zero-order valence-corrected chi connectivity index (χ0v) is 17.8. The van der Waals surface area contributed by atoms with E-state index in [0.717, 1.165) is 54.1 Å². The second kappa shape index (κ2) is 7.37. The Morgan fingerprint density at radius 2 is 1.93 bits per heavy atom. The molecule has 0 radical (unpaired) electrons. The summed E-state index contributed by atoms with van der Waals surface area (Å²) < 4.78 is 12.8. The average molecular weight is 401 g/mol. The monoisotopic (exact) mass is 400 g/mol. The lowest BCUT2D eigenvalue weighted by Crippen LogP contribution is -2.40. The first-order valence-corrected chi connectivity index (χ1v) is 10.5. The van der Waals surface area contributed by atoms with E-state index in [1.54, 1.807) is 18.4 Å². The van der Waals surface area contributed by atoms with E-state index < -0.39 is 0 Å². The summed E-state index contributed by atoms with van der Waals surface area (Å²) in [4.78, 5) is 5.67. The first kappa shape index (κ1) is 19.2. The molecule has 1 aliphatic heterocycles. The molecular formula is C21H28N4O2S. The molecule has 1 aliphatic rings.